The predicted octanol–water partition coefficient (Wildman–Crippen LogP) is -0.630. The molecule has 0 aliphatic carbocycles. The Hall–Kier alpha value is -1.54. The molecule has 0 aliphatic heterocycles. The van der Waals surface area contributed by atoms with Gasteiger partial charge in [-0.1, -0.05) is 5.92 Å². The second kappa shape index (κ2) is 8.74. The van der Waals surface area contributed by atoms with E-state index in [4.69, 9.17) is 12.2 Å². The molecule has 0 heterocycles. The third-order valence-corrected chi connectivity index (χ3v) is 2.06. The maximum Gasteiger partial charge on any atom is 0.237 e. The van der Waals surface area contributed by atoms with Gasteiger partial charge in [-0.15, -0.1) is 6.42 Å². The molecule has 0 bridgehead atoms. The molecule has 1 unspecified atom stereocenters. The number of primary amides is 1. The quantitative estimate of drug-likeness (QED) is 0.380. The van der Waals surface area contributed by atoms with Crippen LogP contribution in [0, 0.1) is 12.3 Å². The summed E-state index contributed by atoms with van der Waals surface area (Å²) in [6.45, 7) is 2.68. The second-order valence-corrected chi connectivity index (χ2v) is 3.52. The first-order valence-electron chi connectivity index (χ1n) is 5.30. The Bertz CT molecular complexity index is 271. The highest BCUT2D eigenvalue weighted by Gasteiger charge is 2.09. The molecule has 0 aromatic heterocycles. The van der Waals surface area contributed by atoms with Gasteiger partial charge in [-0.3, -0.25) is 9.59 Å². The minimum absolute atomic E-state index is 0.118. The minimum Gasteiger partial charge on any atom is -0.370 e. The minimum atomic E-state index is -0.292. The molecule has 5 nitrogen and oxygen atoms in total. The average molecular weight is 225 g/mol. The molecule has 0 spiro atoms. The lowest BCUT2D eigenvalue weighted by atomic mass is 10.2. The number of nitrogens with one attached hydrogen (secondary N) is 2. The summed E-state index contributed by atoms with van der Waals surface area (Å²) in [5.41, 5.74) is 5.00. The van der Waals surface area contributed by atoms with Crippen molar-refractivity contribution in [1.29, 1.82) is 0 Å². The highest BCUT2D eigenvalue weighted by Crippen LogP contribution is 1.93. The van der Waals surface area contributed by atoms with Gasteiger partial charge in [-0.25, -0.2) is 0 Å². The Balaban J connectivity index is 3.50. The monoisotopic (exact) mass is 225 g/mol. The lowest BCUT2D eigenvalue weighted by molar-refractivity contribution is -0.122. The van der Waals surface area contributed by atoms with Crippen LogP contribution in [0.2, 0.25) is 0 Å². The number of carbonyl (C=O) groups excluding carboxylic acids is 2. The Kier molecular flexibility index (Phi) is 7.90. The molecule has 0 saturated heterocycles. The molecule has 0 aliphatic rings. The highest BCUT2D eigenvalue weighted by atomic mass is 16.2. The molecule has 1 atom stereocenters. The molecule has 90 valence electrons. The van der Waals surface area contributed by atoms with E-state index in [9.17, 15) is 9.59 Å². The van der Waals surface area contributed by atoms with Crippen LogP contribution in [-0.4, -0.2) is 30.9 Å². The van der Waals surface area contributed by atoms with Crippen LogP contribution in [0.15, 0.2) is 0 Å². The summed E-state index contributed by atoms with van der Waals surface area (Å²) in [5, 5.41) is 5.61. The largest absolute Gasteiger partial charge is 0.370 e. The van der Waals surface area contributed by atoms with E-state index in [1.807, 2.05) is 0 Å². The first-order chi connectivity index (χ1) is 7.57. The van der Waals surface area contributed by atoms with Crippen molar-refractivity contribution in [2.24, 2.45) is 5.73 Å². The molecular weight excluding hydrogens is 206 g/mol. The molecule has 0 fully saturated rings. The van der Waals surface area contributed by atoms with E-state index < -0.39 is 0 Å². The van der Waals surface area contributed by atoms with E-state index in [1.165, 1.54) is 0 Å². The number of terminal acetylenes is 1. The summed E-state index contributed by atoms with van der Waals surface area (Å²) in [6, 6.07) is -0.276. The van der Waals surface area contributed by atoms with Crippen molar-refractivity contribution in [2.45, 2.75) is 32.2 Å². The molecule has 0 aromatic carbocycles. The SMILES string of the molecule is C#CCNC(=O)C(C)NCCCCC(N)=O. The van der Waals surface area contributed by atoms with E-state index in [0.717, 1.165) is 12.8 Å². The second-order valence-electron chi connectivity index (χ2n) is 3.52. The molecule has 0 aromatic rings. The Morgan fingerprint density at radius 2 is 2.12 bits per heavy atom. The van der Waals surface area contributed by atoms with Crippen LogP contribution < -0.4 is 16.4 Å². The Morgan fingerprint density at radius 3 is 2.69 bits per heavy atom. The normalized spacial score (nSPS) is 11.5. The van der Waals surface area contributed by atoms with E-state index in [-0.39, 0.29) is 24.4 Å². The Morgan fingerprint density at radius 1 is 1.44 bits per heavy atom. The number of rotatable bonds is 8. The van der Waals surface area contributed by atoms with Gasteiger partial charge in [0.25, 0.3) is 0 Å². The van der Waals surface area contributed by atoms with Gasteiger partial charge >= 0.3 is 0 Å². The van der Waals surface area contributed by atoms with Gasteiger partial charge in [-0.2, -0.15) is 0 Å². The first kappa shape index (κ1) is 14.5. The number of nitrogens with two attached hydrogens (primary N) is 1. The van der Waals surface area contributed by atoms with Crippen LogP contribution in [0.4, 0.5) is 0 Å². The molecular formula is C11H19N3O2. The van der Waals surface area contributed by atoms with Crippen LogP contribution in [0.5, 0.6) is 0 Å². The van der Waals surface area contributed by atoms with E-state index >= 15 is 0 Å². The van der Waals surface area contributed by atoms with Crippen LogP contribution >= 0.6 is 0 Å². The lowest BCUT2D eigenvalue weighted by Crippen LogP contribution is -2.42. The van der Waals surface area contributed by atoms with Crippen molar-refractivity contribution in [3.63, 3.8) is 0 Å². The zero-order valence-electron chi connectivity index (χ0n) is 9.58. The summed E-state index contributed by atoms with van der Waals surface area (Å²) < 4.78 is 0. The number of hydrogen-bond donors (Lipinski definition) is 3. The highest BCUT2D eigenvalue weighted by molar-refractivity contribution is 5.81. The molecule has 0 saturated carbocycles. The van der Waals surface area contributed by atoms with Crippen LogP contribution in [0.25, 0.3) is 0 Å². The number of carbonyl (C=O) groups is 2. The fourth-order valence-electron chi connectivity index (χ4n) is 1.13. The predicted molar refractivity (Wildman–Crippen MR) is 62.4 cm³/mol. The summed E-state index contributed by atoms with van der Waals surface area (Å²) >= 11 is 0. The summed E-state index contributed by atoms with van der Waals surface area (Å²) in [4.78, 5) is 21.8. The zero-order valence-corrected chi connectivity index (χ0v) is 9.58. The van der Waals surface area contributed by atoms with Crippen LogP contribution in [0.1, 0.15) is 26.2 Å². The molecule has 2 amide bonds. The van der Waals surface area contributed by atoms with Crippen molar-refractivity contribution < 1.29 is 9.59 Å². The lowest BCUT2D eigenvalue weighted by Gasteiger charge is -2.12. The fraction of sp³-hybridized carbons (Fsp3) is 0.636. The van der Waals surface area contributed by atoms with E-state index in [2.05, 4.69) is 16.6 Å². The van der Waals surface area contributed by atoms with Crippen molar-refractivity contribution >= 4 is 11.8 Å². The smallest absolute Gasteiger partial charge is 0.237 e. The third-order valence-electron chi connectivity index (χ3n) is 2.06. The molecule has 16 heavy (non-hydrogen) atoms. The van der Waals surface area contributed by atoms with Gasteiger partial charge in [-0.05, 0) is 26.3 Å². The molecule has 4 N–H and O–H groups in total. The van der Waals surface area contributed by atoms with Gasteiger partial charge in [0.05, 0.1) is 12.6 Å². The fourth-order valence-corrected chi connectivity index (χ4v) is 1.13. The topological polar surface area (TPSA) is 84.2 Å². The van der Waals surface area contributed by atoms with E-state index in [1.54, 1.807) is 6.92 Å². The van der Waals surface area contributed by atoms with Gasteiger partial charge in [0.2, 0.25) is 11.8 Å². The van der Waals surface area contributed by atoms with Gasteiger partial charge in [0.1, 0.15) is 0 Å². The van der Waals surface area contributed by atoms with Crippen LogP contribution in [0.3, 0.4) is 0 Å². The maximum absolute atomic E-state index is 11.3. The molecule has 0 radical (unpaired) electrons. The average Bonchev–Trinajstić information content (AvgIpc) is 2.24. The van der Waals surface area contributed by atoms with Crippen molar-refractivity contribution in [3.05, 3.63) is 0 Å². The Labute approximate surface area is 96.2 Å². The molecule has 5 heteroatoms. The summed E-state index contributed by atoms with van der Waals surface area (Å²) in [6.07, 6.45) is 6.96. The third kappa shape index (κ3) is 7.83. The van der Waals surface area contributed by atoms with Gasteiger partial charge < -0.3 is 16.4 Å². The number of unbranched alkanes of at least 4 members (excludes halogenated alkanes) is 1. The summed E-state index contributed by atoms with van der Waals surface area (Å²) in [7, 11) is 0. The number of amides is 2. The standard InChI is InChI=1S/C11H19N3O2/c1-3-7-14-11(16)9(2)13-8-5-4-6-10(12)15/h1,9,13H,4-8H2,2H3,(H2,12,15)(H,14,16). The van der Waals surface area contributed by atoms with Crippen molar-refractivity contribution in [3.8, 4) is 12.3 Å². The van der Waals surface area contributed by atoms with Crippen LogP contribution in [-0.2, 0) is 9.59 Å². The molecule has 0 rings (SSSR count). The van der Waals surface area contributed by atoms with Gasteiger partial charge in [0.15, 0.2) is 0 Å². The zero-order chi connectivity index (χ0) is 12.4. The maximum atomic E-state index is 11.3. The van der Waals surface area contributed by atoms with E-state index in [0.29, 0.717) is 13.0 Å². The van der Waals surface area contributed by atoms with Gasteiger partial charge in [0, 0.05) is 6.42 Å². The summed E-state index contributed by atoms with van der Waals surface area (Å²) in [5.74, 6) is 1.92. The van der Waals surface area contributed by atoms with Crippen molar-refractivity contribution in [2.75, 3.05) is 13.1 Å². The number of hydrogen-bond acceptors (Lipinski definition) is 3. The van der Waals surface area contributed by atoms with Crippen molar-refractivity contribution in [1.82, 2.24) is 10.6 Å². The first-order valence-corrected chi connectivity index (χ1v) is 5.30.